The smallest absolute Gasteiger partial charge is 0.265 e. The van der Waals surface area contributed by atoms with E-state index in [4.69, 9.17) is 4.74 Å². The van der Waals surface area contributed by atoms with Gasteiger partial charge >= 0.3 is 0 Å². The molecule has 0 aliphatic carbocycles. The van der Waals surface area contributed by atoms with Crippen molar-refractivity contribution in [3.05, 3.63) is 131 Å². The molecule has 0 bridgehead atoms. The highest BCUT2D eigenvalue weighted by atomic mass is 19.1. The first kappa shape index (κ1) is 25.2. The topological polar surface area (TPSA) is 58.6 Å². The Kier molecular flexibility index (Phi) is 7.22. The van der Waals surface area contributed by atoms with Gasteiger partial charge in [0.05, 0.1) is 6.04 Å². The lowest BCUT2D eigenvalue weighted by Crippen LogP contribution is -2.40. The second-order valence-corrected chi connectivity index (χ2v) is 9.55. The van der Waals surface area contributed by atoms with Crippen molar-refractivity contribution in [1.82, 2.24) is 4.90 Å². The van der Waals surface area contributed by atoms with Gasteiger partial charge in [-0.05, 0) is 79.4 Å². The second-order valence-electron chi connectivity index (χ2n) is 9.55. The molecular formula is C32H29FN2O3. The molecular weight excluding hydrogens is 479 g/mol. The van der Waals surface area contributed by atoms with Crippen molar-refractivity contribution in [2.24, 2.45) is 0 Å². The Bertz CT molecular complexity index is 1470. The third-order valence-corrected chi connectivity index (χ3v) is 6.76. The Morgan fingerprint density at radius 1 is 0.947 bits per heavy atom. The average Bonchev–Trinajstić information content (AvgIpc) is 2.92. The Morgan fingerprint density at radius 2 is 1.74 bits per heavy atom. The minimum Gasteiger partial charge on any atom is -0.481 e. The predicted octanol–water partition coefficient (Wildman–Crippen LogP) is 6.33. The van der Waals surface area contributed by atoms with Gasteiger partial charge in [-0.15, -0.1) is 0 Å². The molecule has 1 N–H and O–H groups in total. The highest BCUT2D eigenvalue weighted by Gasteiger charge is 2.33. The number of carbonyl (C=O) groups excluding carboxylic acids is 2. The van der Waals surface area contributed by atoms with Crippen molar-refractivity contribution in [1.29, 1.82) is 0 Å². The number of hydrogen-bond donors (Lipinski definition) is 1. The number of benzene rings is 4. The Hall–Kier alpha value is -4.45. The van der Waals surface area contributed by atoms with Gasteiger partial charge in [0.1, 0.15) is 11.6 Å². The number of hydrogen-bond acceptors (Lipinski definition) is 3. The fourth-order valence-corrected chi connectivity index (χ4v) is 4.90. The highest BCUT2D eigenvalue weighted by Crippen LogP contribution is 2.38. The number of ether oxygens (including phenoxy) is 1. The molecule has 0 aromatic heterocycles. The molecule has 1 heterocycles. The van der Waals surface area contributed by atoms with E-state index in [0.29, 0.717) is 30.0 Å². The SMILES string of the molecule is Cc1cccc([C@H]2c3cc(O[C@H](C)C(=O)Nc4cccc(F)c4)ccc3CCN2C(=O)c2ccccc2)c1. The van der Waals surface area contributed by atoms with E-state index >= 15 is 0 Å². The second kappa shape index (κ2) is 10.9. The molecule has 4 aromatic rings. The minimum absolute atomic E-state index is 0.0306. The molecule has 1 aliphatic heterocycles. The van der Waals surface area contributed by atoms with Crippen molar-refractivity contribution in [3.63, 3.8) is 0 Å². The summed E-state index contributed by atoms with van der Waals surface area (Å²) < 4.78 is 19.5. The summed E-state index contributed by atoms with van der Waals surface area (Å²) >= 11 is 0. The molecule has 6 heteroatoms. The van der Waals surface area contributed by atoms with E-state index in [1.165, 1.54) is 18.2 Å². The van der Waals surface area contributed by atoms with Crippen LogP contribution in [0.15, 0.2) is 97.1 Å². The first-order valence-corrected chi connectivity index (χ1v) is 12.7. The number of rotatable bonds is 6. The number of fused-ring (bicyclic) bond motifs is 1. The molecule has 1 aliphatic rings. The Balaban J connectivity index is 1.45. The predicted molar refractivity (Wildman–Crippen MR) is 146 cm³/mol. The largest absolute Gasteiger partial charge is 0.481 e. The van der Waals surface area contributed by atoms with Crippen LogP contribution < -0.4 is 10.1 Å². The molecule has 2 atom stereocenters. The molecule has 0 radical (unpaired) electrons. The molecule has 5 rings (SSSR count). The molecule has 4 aromatic carbocycles. The normalized spacial score (nSPS) is 15.3. The molecule has 0 saturated heterocycles. The van der Waals surface area contributed by atoms with Gasteiger partial charge in [-0.25, -0.2) is 4.39 Å². The molecule has 5 nitrogen and oxygen atoms in total. The number of carbonyl (C=O) groups is 2. The van der Waals surface area contributed by atoms with Crippen molar-refractivity contribution >= 4 is 17.5 Å². The number of nitrogens with one attached hydrogen (secondary N) is 1. The van der Waals surface area contributed by atoms with Crippen LogP contribution in [-0.2, 0) is 11.2 Å². The minimum atomic E-state index is -0.820. The highest BCUT2D eigenvalue weighted by molar-refractivity contribution is 5.95. The molecule has 2 amide bonds. The fourth-order valence-electron chi connectivity index (χ4n) is 4.90. The van der Waals surface area contributed by atoms with Gasteiger partial charge in [0.25, 0.3) is 11.8 Å². The zero-order chi connectivity index (χ0) is 26.6. The summed E-state index contributed by atoms with van der Waals surface area (Å²) in [7, 11) is 0. The molecule has 0 fully saturated rings. The third kappa shape index (κ3) is 5.44. The monoisotopic (exact) mass is 508 g/mol. The number of nitrogens with zero attached hydrogens (tertiary/aromatic N) is 1. The van der Waals surface area contributed by atoms with Gasteiger partial charge in [-0.2, -0.15) is 0 Å². The Morgan fingerprint density at radius 3 is 2.50 bits per heavy atom. The summed E-state index contributed by atoms with van der Waals surface area (Å²) in [4.78, 5) is 28.3. The zero-order valence-electron chi connectivity index (χ0n) is 21.4. The molecule has 0 saturated carbocycles. The van der Waals surface area contributed by atoms with E-state index in [1.807, 2.05) is 78.6 Å². The number of aryl methyl sites for hydroxylation is 1. The Labute approximate surface area is 221 Å². The average molecular weight is 509 g/mol. The molecule has 0 unspecified atom stereocenters. The van der Waals surface area contributed by atoms with Crippen molar-refractivity contribution in [2.75, 3.05) is 11.9 Å². The number of amides is 2. The molecule has 192 valence electrons. The maximum atomic E-state index is 13.6. The van der Waals surface area contributed by atoms with Crippen LogP contribution in [-0.4, -0.2) is 29.4 Å². The maximum Gasteiger partial charge on any atom is 0.265 e. The van der Waals surface area contributed by atoms with Gasteiger partial charge in [0, 0.05) is 17.8 Å². The zero-order valence-corrected chi connectivity index (χ0v) is 21.4. The molecule has 38 heavy (non-hydrogen) atoms. The number of anilines is 1. The lowest BCUT2D eigenvalue weighted by Gasteiger charge is -2.38. The first-order chi connectivity index (χ1) is 18.4. The van der Waals surface area contributed by atoms with Crippen molar-refractivity contribution in [2.45, 2.75) is 32.4 Å². The molecule has 0 spiro atoms. The van der Waals surface area contributed by atoms with Crippen LogP contribution in [0.3, 0.4) is 0 Å². The van der Waals surface area contributed by atoms with Crippen molar-refractivity contribution in [3.8, 4) is 5.75 Å². The quantitative estimate of drug-likeness (QED) is 0.331. The van der Waals surface area contributed by atoms with Crippen LogP contribution in [0, 0.1) is 12.7 Å². The van der Waals surface area contributed by atoms with Crippen LogP contribution in [0.25, 0.3) is 0 Å². The van der Waals surface area contributed by atoms with Crippen molar-refractivity contribution < 1.29 is 18.7 Å². The van der Waals surface area contributed by atoms with E-state index in [9.17, 15) is 14.0 Å². The van der Waals surface area contributed by atoms with E-state index in [1.54, 1.807) is 13.0 Å². The lowest BCUT2D eigenvalue weighted by molar-refractivity contribution is -0.122. The van der Waals surface area contributed by atoms with Gasteiger partial charge in [0.15, 0.2) is 6.10 Å². The summed E-state index contributed by atoms with van der Waals surface area (Å²) in [6, 6.07) is 28.7. The van der Waals surface area contributed by atoms with E-state index < -0.39 is 11.9 Å². The summed E-state index contributed by atoms with van der Waals surface area (Å²) in [6.07, 6.45) is -0.106. The lowest BCUT2D eigenvalue weighted by atomic mass is 9.87. The maximum absolute atomic E-state index is 13.6. The van der Waals surface area contributed by atoms with E-state index in [2.05, 4.69) is 11.4 Å². The van der Waals surface area contributed by atoms with Gasteiger partial charge < -0.3 is 15.0 Å². The van der Waals surface area contributed by atoms with E-state index in [0.717, 1.165) is 22.3 Å². The van der Waals surface area contributed by atoms with Crippen LogP contribution in [0.2, 0.25) is 0 Å². The summed E-state index contributed by atoms with van der Waals surface area (Å²) in [5, 5.41) is 2.69. The van der Waals surface area contributed by atoms with Gasteiger partial charge in [0.2, 0.25) is 0 Å². The van der Waals surface area contributed by atoms with Gasteiger partial charge in [-0.3, -0.25) is 9.59 Å². The fraction of sp³-hybridized carbons (Fsp3) is 0.188. The summed E-state index contributed by atoms with van der Waals surface area (Å²) in [6.45, 7) is 4.28. The van der Waals surface area contributed by atoms with Crippen LogP contribution in [0.4, 0.5) is 10.1 Å². The summed E-state index contributed by atoms with van der Waals surface area (Å²) in [5.41, 5.74) is 5.24. The first-order valence-electron chi connectivity index (χ1n) is 12.7. The van der Waals surface area contributed by atoms with Crippen LogP contribution in [0.1, 0.15) is 45.6 Å². The number of halogens is 1. The standard InChI is InChI=1S/C32H29FN2O3/c1-21-8-6-11-25(18-21)30-29-20-28(38-22(2)31(36)34-27-13-7-12-26(33)19-27)15-14-23(29)16-17-35(30)32(37)24-9-4-3-5-10-24/h3-15,18-20,22,30H,16-17H2,1-2H3,(H,34,36)/t22-,30+/m1/s1. The van der Waals surface area contributed by atoms with E-state index in [-0.39, 0.29) is 17.9 Å². The third-order valence-electron chi connectivity index (χ3n) is 6.76. The van der Waals surface area contributed by atoms with Gasteiger partial charge in [-0.1, -0.05) is 60.2 Å². The summed E-state index contributed by atoms with van der Waals surface area (Å²) in [5.74, 6) is -0.318. The van der Waals surface area contributed by atoms with Crippen LogP contribution >= 0.6 is 0 Å². The van der Waals surface area contributed by atoms with Crippen LogP contribution in [0.5, 0.6) is 5.75 Å².